The van der Waals surface area contributed by atoms with Crippen LogP contribution in [0.2, 0.25) is 0 Å². The van der Waals surface area contributed by atoms with E-state index in [1.54, 1.807) is 13.8 Å². The van der Waals surface area contributed by atoms with E-state index in [1.165, 1.54) is 0 Å². The molecule has 0 radical (unpaired) electrons. The lowest BCUT2D eigenvalue weighted by Gasteiger charge is -2.12. The first-order valence-corrected chi connectivity index (χ1v) is 5.62. The summed E-state index contributed by atoms with van der Waals surface area (Å²) in [6.07, 6.45) is 2.31. The molecule has 2 heterocycles. The second-order valence-corrected chi connectivity index (χ2v) is 4.53. The fourth-order valence-corrected chi connectivity index (χ4v) is 1.53. The van der Waals surface area contributed by atoms with Crippen molar-refractivity contribution in [1.82, 2.24) is 20.4 Å². The van der Waals surface area contributed by atoms with Gasteiger partial charge in [-0.25, -0.2) is 0 Å². The van der Waals surface area contributed by atoms with Gasteiger partial charge in [-0.05, 0) is 32.6 Å². The molecular formula is C11H15N5O. The Morgan fingerprint density at radius 3 is 2.24 bits per heavy atom. The third kappa shape index (κ3) is 3.36. The van der Waals surface area contributed by atoms with Crippen molar-refractivity contribution in [3.8, 4) is 11.8 Å². The van der Waals surface area contributed by atoms with Crippen LogP contribution in [0.1, 0.15) is 32.5 Å². The van der Waals surface area contributed by atoms with Gasteiger partial charge >= 0.3 is 0 Å². The van der Waals surface area contributed by atoms with Gasteiger partial charge in [0.2, 0.25) is 5.82 Å². The molecule has 0 spiro atoms. The predicted octanol–water partition coefficient (Wildman–Crippen LogP) is -0.0108. The second-order valence-electron chi connectivity index (χ2n) is 4.53. The van der Waals surface area contributed by atoms with E-state index in [0.29, 0.717) is 5.95 Å². The molecule has 0 aromatic carbocycles. The molecule has 2 rings (SSSR count). The summed E-state index contributed by atoms with van der Waals surface area (Å²) in [5, 5.41) is 25.1. The van der Waals surface area contributed by atoms with Gasteiger partial charge in [-0.2, -0.15) is 0 Å². The fourth-order valence-electron chi connectivity index (χ4n) is 1.53. The van der Waals surface area contributed by atoms with E-state index in [-0.39, 0.29) is 5.82 Å². The Bertz CT molecular complexity index is 434. The first-order chi connectivity index (χ1) is 8.04. The SMILES string of the molecule is CC(C)(O)C#Cc1nnc(N2CCCC2)nn1. The summed E-state index contributed by atoms with van der Waals surface area (Å²) < 4.78 is 0. The topological polar surface area (TPSA) is 75.0 Å². The quantitative estimate of drug-likeness (QED) is 0.688. The minimum absolute atomic E-state index is 0.232. The van der Waals surface area contributed by atoms with Crippen LogP contribution in [-0.4, -0.2) is 44.2 Å². The molecule has 17 heavy (non-hydrogen) atoms. The van der Waals surface area contributed by atoms with Crippen LogP contribution in [0.3, 0.4) is 0 Å². The minimum Gasteiger partial charge on any atom is -0.378 e. The molecule has 0 saturated carbocycles. The summed E-state index contributed by atoms with van der Waals surface area (Å²) >= 11 is 0. The monoisotopic (exact) mass is 233 g/mol. The van der Waals surface area contributed by atoms with E-state index in [0.717, 1.165) is 25.9 Å². The highest BCUT2D eigenvalue weighted by molar-refractivity contribution is 5.29. The van der Waals surface area contributed by atoms with Gasteiger partial charge < -0.3 is 10.0 Å². The molecule has 1 aliphatic heterocycles. The van der Waals surface area contributed by atoms with Crippen molar-refractivity contribution in [2.24, 2.45) is 0 Å². The van der Waals surface area contributed by atoms with Crippen molar-refractivity contribution >= 4 is 5.95 Å². The van der Waals surface area contributed by atoms with Gasteiger partial charge in [0.1, 0.15) is 5.60 Å². The molecule has 0 aliphatic carbocycles. The summed E-state index contributed by atoms with van der Waals surface area (Å²) in [5.74, 6) is 6.03. The first kappa shape index (κ1) is 11.7. The molecule has 0 atom stereocenters. The summed E-state index contributed by atoms with van der Waals surface area (Å²) in [5.41, 5.74) is -1.06. The van der Waals surface area contributed by atoms with E-state index in [4.69, 9.17) is 0 Å². The highest BCUT2D eigenvalue weighted by atomic mass is 16.3. The normalized spacial score (nSPS) is 15.6. The summed E-state index contributed by atoms with van der Waals surface area (Å²) in [6.45, 7) is 5.11. The summed E-state index contributed by atoms with van der Waals surface area (Å²) in [4.78, 5) is 2.05. The van der Waals surface area contributed by atoms with Crippen LogP contribution in [-0.2, 0) is 0 Å². The van der Waals surface area contributed by atoms with Crippen LogP contribution < -0.4 is 4.90 Å². The van der Waals surface area contributed by atoms with Crippen LogP contribution >= 0.6 is 0 Å². The molecule has 6 heteroatoms. The average molecular weight is 233 g/mol. The molecule has 0 amide bonds. The Kier molecular flexibility index (Phi) is 3.20. The summed E-state index contributed by atoms with van der Waals surface area (Å²) in [7, 11) is 0. The molecule has 1 fully saturated rings. The zero-order valence-electron chi connectivity index (χ0n) is 10.0. The first-order valence-electron chi connectivity index (χ1n) is 5.62. The maximum atomic E-state index is 9.43. The molecule has 1 N–H and O–H groups in total. The van der Waals surface area contributed by atoms with Crippen molar-refractivity contribution in [2.75, 3.05) is 18.0 Å². The van der Waals surface area contributed by atoms with E-state index < -0.39 is 5.60 Å². The van der Waals surface area contributed by atoms with Crippen molar-refractivity contribution in [3.63, 3.8) is 0 Å². The van der Waals surface area contributed by atoms with E-state index in [2.05, 4.69) is 32.2 Å². The highest BCUT2D eigenvalue weighted by Gasteiger charge is 2.15. The minimum atomic E-state index is -1.06. The number of aliphatic hydroxyl groups is 1. The molecular weight excluding hydrogens is 218 g/mol. The van der Waals surface area contributed by atoms with Crippen LogP contribution in [0.15, 0.2) is 0 Å². The number of anilines is 1. The van der Waals surface area contributed by atoms with Gasteiger partial charge in [-0.1, -0.05) is 5.92 Å². The molecule has 1 saturated heterocycles. The Balaban J connectivity index is 2.09. The number of hydrogen-bond acceptors (Lipinski definition) is 6. The van der Waals surface area contributed by atoms with Crippen molar-refractivity contribution in [1.29, 1.82) is 0 Å². The number of hydrogen-bond donors (Lipinski definition) is 1. The molecule has 90 valence electrons. The third-order valence-electron chi connectivity index (χ3n) is 2.34. The largest absolute Gasteiger partial charge is 0.378 e. The Hall–Kier alpha value is -1.74. The van der Waals surface area contributed by atoms with Crippen LogP contribution in [0.25, 0.3) is 0 Å². The van der Waals surface area contributed by atoms with Gasteiger partial charge in [-0.15, -0.1) is 20.4 Å². The zero-order valence-corrected chi connectivity index (χ0v) is 10.0. The summed E-state index contributed by atoms with van der Waals surface area (Å²) in [6, 6.07) is 0. The molecule has 0 bridgehead atoms. The van der Waals surface area contributed by atoms with E-state index in [9.17, 15) is 5.11 Å². The van der Waals surface area contributed by atoms with Gasteiger partial charge in [-0.3, -0.25) is 0 Å². The van der Waals surface area contributed by atoms with Crippen LogP contribution in [0, 0.1) is 11.8 Å². The lowest BCUT2D eigenvalue weighted by molar-refractivity contribution is 0.143. The Labute approximate surface area is 100 Å². The van der Waals surface area contributed by atoms with Crippen LogP contribution in [0.4, 0.5) is 5.95 Å². The smallest absolute Gasteiger partial charge is 0.264 e. The average Bonchev–Trinajstić information content (AvgIpc) is 2.79. The predicted molar refractivity (Wildman–Crippen MR) is 62.2 cm³/mol. The van der Waals surface area contributed by atoms with Gasteiger partial charge in [0.15, 0.2) is 0 Å². The number of nitrogens with zero attached hydrogens (tertiary/aromatic N) is 5. The maximum Gasteiger partial charge on any atom is 0.264 e. The molecule has 1 aromatic rings. The number of rotatable bonds is 1. The second kappa shape index (κ2) is 4.63. The van der Waals surface area contributed by atoms with Gasteiger partial charge in [0.25, 0.3) is 5.95 Å². The van der Waals surface area contributed by atoms with E-state index in [1.807, 2.05) is 4.90 Å². The maximum absolute atomic E-state index is 9.43. The van der Waals surface area contributed by atoms with Crippen LogP contribution in [0.5, 0.6) is 0 Å². The third-order valence-corrected chi connectivity index (χ3v) is 2.34. The number of aromatic nitrogens is 4. The zero-order chi connectivity index (χ0) is 12.3. The standard InChI is InChI=1S/C11H15N5O/c1-11(2,17)6-5-9-12-14-10(15-13-9)16-7-3-4-8-16/h17H,3-4,7-8H2,1-2H3. The fraction of sp³-hybridized carbons (Fsp3) is 0.636. The highest BCUT2D eigenvalue weighted by Crippen LogP contribution is 2.12. The van der Waals surface area contributed by atoms with E-state index >= 15 is 0 Å². The molecule has 0 unspecified atom stereocenters. The molecule has 1 aromatic heterocycles. The molecule has 1 aliphatic rings. The van der Waals surface area contributed by atoms with Gasteiger partial charge in [0, 0.05) is 13.1 Å². The Morgan fingerprint density at radius 2 is 1.71 bits per heavy atom. The molecule has 6 nitrogen and oxygen atoms in total. The lowest BCUT2D eigenvalue weighted by atomic mass is 10.1. The Morgan fingerprint density at radius 1 is 1.12 bits per heavy atom. The van der Waals surface area contributed by atoms with Gasteiger partial charge in [0.05, 0.1) is 0 Å². The lowest BCUT2D eigenvalue weighted by Crippen LogP contribution is -2.21. The van der Waals surface area contributed by atoms with Crippen molar-refractivity contribution in [2.45, 2.75) is 32.3 Å². The van der Waals surface area contributed by atoms with Crippen molar-refractivity contribution < 1.29 is 5.11 Å². The van der Waals surface area contributed by atoms with Crippen molar-refractivity contribution in [3.05, 3.63) is 5.82 Å².